The molecule has 0 unspecified atom stereocenters. The van der Waals surface area contributed by atoms with Crippen molar-refractivity contribution in [3.05, 3.63) is 11.3 Å². The Bertz CT molecular complexity index is 346. The van der Waals surface area contributed by atoms with Gasteiger partial charge in [-0.2, -0.15) is 0 Å². The lowest BCUT2D eigenvalue weighted by atomic mass is 9.96. The lowest BCUT2D eigenvalue weighted by Gasteiger charge is -2.27. The summed E-state index contributed by atoms with van der Waals surface area (Å²) in [6.45, 7) is 7.31. The normalized spacial score (nSPS) is 11.5. The summed E-state index contributed by atoms with van der Waals surface area (Å²) < 4.78 is 0. The van der Waals surface area contributed by atoms with Crippen LogP contribution in [0.25, 0.3) is 0 Å². The zero-order valence-electron chi connectivity index (χ0n) is 9.58. The van der Waals surface area contributed by atoms with Crippen molar-refractivity contribution in [3.63, 3.8) is 0 Å². The third kappa shape index (κ3) is 3.23. The first-order valence-electron chi connectivity index (χ1n) is 4.78. The van der Waals surface area contributed by atoms with Gasteiger partial charge < -0.3 is 10.6 Å². The molecular formula is C10H17ClN4. The van der Waals surface area contributed by atoms with E-state index in [1.807, 2.05) is 11.9 Å². The molecule has 0 bridgehead atoms. The molecule has 4 nitrogen and oxygen atoms in total. The fourth-order valence-corrected chi connectivity index (χ4v) is 1.67. The van der Waals surface area contributed by atoms with Gasteiger partial charge in [0.05, 0.1) is 0 Å². The number of nitrogen functional groups attached to an aromatic ring is 1. The number of rotatable bonds is 2. The molecule has 0 radical (unpaired) electrons. The topological polar surface area (TPSA) is 55.0 Å². The van der Waals surface area contributed by atoms with Crippen LogP contribution in [0.3, 0.4) is 0 Å². The number of hydrogen-bond acceptors (Lipinski definition) is 4. The Morgan fingerprint density at radius 2 is 2.00 bits per heavy atom. The number of hydrogen-bond donors (Lipinski definition) is 1. The minimum Gasteiger partial charge on any atom is -0.382 e. The smallest absolute Gasteiger partial charge is 0.152 e. The van der Waals surface area contributed by atoms with Gasteiger partial charge in [-0.15, -0.1) is 0 Å². The minimum absolute atomic E-state index is 0.178. The Morgan fingerprint density at radius 3 is 2.53 bits per heavy atom. The zero-order valence-corrected chi connectivity index (χ0v) is 10.3. The fourth-order valence-electron chi connectivity index (χ4n) is 1.43. The molecular weight excluding hydrogens is 212 g/mol. The molecule has 0 aliphatic heterocycles. The summed E-state index contributed by atoms with van der Waals surface area (Å²) in [7, 11) is 1.94. The van der Waals surface area contributed by atoms with Crippen LogP contribution in [0, 0.1) is 5.41 Å². The van der Waals surface area contributed by atoms with Gasteiger partial charge in [-0.3, -0.25) is 0 Å². The van der Waals surface area contributed by atoms with Gasteiger partial charge in [0.15, 0.2) is 5.82 Å². The molecule has 0 aliphatic carbocycles. The summed E-state index contributed by atoms with van der Waals surface area (Å²) in [6, 6.07) is 0. The molecule has 0 aromatic carbocycles. The van der Waals surface area contributed by atoms with E-state index in [9.17, 15) is 0 Å². The van der Waals surface area contributed by atoms with Crippen molar-refractivity contribution in [3.8, 4) is 0 Å². The number of aromatic nitrogens is 2. The average molecular weight is 229 g/mol. The molecule has 0 spiro atoms. The Balaban J connectivity index is 2.92. The quantitative estimate of drug-likeness (QED) is 0.843. The maximum atomic E-state index is 6.03. The van der Waals surface area contributed by atoms with Gasteiger partial charge in [-0.05, 0) is 5.41 Å². The third-order valence-electron chi connectivity index (χ3n) is 1.87. The van der Waals surface area contributed by atoms with Crippen molar-refractivity contribution in [2.75, 3.05) is 24.2 Å². The van der Waals surface area contributed by atoms with E-state index in [-0.39, 0.29) is 5.41 Å². The van der Waals surface area contributed by atoms with Crippen molar-refractivity contribution in [1.82, 2.24) is 9.97 Å². The average Bonchev–Trinajstić information content (AvgIpc) is 2.06. The number of nitrogens with two attached hydrogens (primary N) is 1. The van der Waals surface area contributed by atoms with E-state index in [1.54, 1.807) is 0 Å². The van der Waals surface area contributed by atoms with Crippen LogP contribution in [-0.2, 0) is 0 Å². The lowest BCUT2D eigenvalue weighted by Crippen LogP contribution is -2.30. The monoisotopic (exact) mass is 228 g/mol. The minimum atomic E-state index is 0.178. The summed E-state index contributed by atoms with van der Waals surface area (Å²) in [5.41, 5.74) is 5.79. The first-order valence-corrected chi connectivity index (χ1v) is 5.16. The van der Waals surface area contributed by atoms with Crippen molar-refractivity contribution in [1.29, 1.82) is 0 Å². The van der Waals surface area contributed by atoms with Crippen LogP contribution in [0.5, 0.6) is 0 Å². The van der Waals surface area contributed by atoms with Gasteiger partial charge in [0.1, 0.15) is 17.2 Å². The van der Waals surface area contributed by atoms with Gasteiger partial charge in [0.25, 0.3) is 0 Å². The van der Waals surface area contributed by atoms with Gasteiger partial charge in [-0.25, -0.2) is 9.97 Å². The molecule has 5 heteroatoms. The molecule has 0 saturated heterocycles. The molecule has 0 aliphatic rings. The highest BCUT2D eigenvalue weighted by Gasteiger charge is 2.17. The van der Waals surface area contributed by atoms with Crippen LogP contribution in [-0.4, -0.2) is 23.6 Å². The van der Waals surface area contributed by atoms with Crippen LogP contribution in [0.1, 0.15) is 20.8 Å². The molecule has 0 atom stereocenters. The van der Waals surface area contributed by atoms with E-state index in [0.29, 0.717) is 16.7 Å². The SMILES string of the molecule is CN(CC(C)(C)C)c1ncnc(N)c1Cl. The summed E-state index contributed by atoms with van der Waals surface area (Å²) in [5.74, 6) is 1.00. The Labute approximate surface area is 95.5 Å². The van der Waals surface area contributed by atoms with Gasteiger partial charge in [0, 0.05) is 13.6 Å². The Kier molecular flexibility index (Phi) is 3.39. The second-order valence-electron chi connectivity index (χ2n) is 4.81. The standard InChI is InChI=1S/C10H17ClN4/c1-10(2,3)5-15(4)9-7(11)8(12)13-6-14-9/h6H,5H2,1-4H3,(H2,12,13,14). The summed E-state index contributed by atoms with van der Waals surface area (Å²) in [6.07, 6.45) is 1.43. The van der Waals surface area contributed by atoms with Crippen molar-refractivity contribution in [2.45, 2.75) is 20.8 Å². The largest absolute Gasteiger partial charge is 0.382 e. The molecule has 0 fully saturated rings. The molecule has 1 aromatic rings. The molecule has 0 amide bonds. The molecule has 0 saturated carbocycles. The van der Waals surface area contributed by atoms with Gasteiger partial charge in [-0.1, -0.05) is 32.4 Å². The van der Waals surface area contributed by atoms with E-state index >= 15 is 0 Å². The summed E-state index contributed by atoms with van der Waals surface area (Å²) in [4.78, 5) is 9.94. The van der Waals surface area contributed by atoms with Crippen molar-refractivity contribution < 1.29 is 0 Å². The zero-order chi connectivity index (χ0) is 11.6. The van der Waals surface area contributed by atoms with Gasteiger partial charge >= 0.3 is 0 Å². The second kappa shape index (κ2) is 4.23. The lowest BCUT2D eigenvalue weighted by molar-refractivity contribution is 0.418. The van der Waals surface area contributed by atoms with Gasteiger partial charge in [0.2, 0.25) is 0 Å². The predicted molar refractivity (Wildman–Crippen MR) is 64.2 cm³/mol. The number of anilines is 2. The molecule has 1 aromatic heterocycles. The van der Waals surface area contributed by atoms with Crippen LogP contribution < -0.4 is 10.6 Å². The van der Waals surface area contributed by atoms with Crippen molar-refractivity contribution >= 4 is 23.2 Å². The molecule has 2 N–H and O–H groups in total. The van der Waals surface area contributed by atoms with E-state index in [2.05, 4.69) is 30.7 Å². The highest BCUT2D eigenvalue weighted by molar-refractivity contribution is 6.35. The van der Waals surface area contributed by atoms with E-state index in [0.717, 1.165) is 6.54 Å². The highest BCUT2D eigenvalue weighted by atomic mass is 35.5. The first kappa shape index (κ1) is 12.0. The molecule has 84 valence electrons. The molecule has 1 heterocycles. The number of nitrogens with zero attached hydrogens (tertiary/aromatic N) is 3. The molecule has 1 rings (SSSR count). The van der Waals surface area contributed by atoms with E-state index < -0.39 is 0 Å². The van der Waals surface area contributed by atoms with Crippen LogP contribution in [0.15, 0.2) is 6.33 Å². The summed E-state index contributed by atoms with van der Waals surface area (Å²) in [5, 5.41) is 0.421. The van der Waals surface area contributed by atoms with E-state index in [4.69, 9.17) is 17.3 Å². The highest BCUT2D eigenvalue weighted by Crippen LogP contribution is 2.28. The maximum Gasteiger partial charge on any atom is 0.152 e. The van der Waals surface area contributed by atoms with E-state index in [1.165, 1.54) is 6.33 Å². The molecule has 15 heavy (non-hydrogen) atoms. The number of halogens is 1. The summed E-state index contributed by atoms with van der Waals surface area (Å²) >= 11 is 6.03. The third-order valence-corrected chi connectivity index (χ3v) is 2.23. The fraction of sp³-hybridized carbons (Fsp3) is 0.600. The first-order chi connectivity index (χ1) is 6.81. The predicted octanol–water partition coefficient (Wildman–Crippen LogP) is 2.19. The maximum absolute atomic E-state index is 6.03. The Hall–Kier alpha value is -1.03. The van der Waals surface area contributed by atoms with Crippen molar-refractivity contribution in [2.24, 2.45) is 5.41 Å². The van der Waals surface area contributed by atoms with Crippen LogP contribution >= 0.6 is 11.6 Å². The van der Waals surface area contributed by atoms with Crippen LogP contribution in [0.4, 0.5) is 11.6 Å². The second-order valence-corrected chi connectivity index (χ2v) is 5.19. The van der Waals surface area contributed by atoms with Crippen LogP contribution in [0.2, 0.25) is 5.02 Å². The Morgan fingerprint density at radius 1 is 1.40 bits per heavy atom.